The summed E-state index contributed by atoms with van der Waals surface area (Å²) >= 11 is 6.91. The van der Waals surface area contributed by atoms with E-state index in [1.807, 2.05) is 0 Å². The third kappa shape index (κ3) is 7.33. The van der Waals surface area contributed by atoms with Crippen molar-refractivity contribution in [3.8, 4) is 11.5 Å². The van der Waals surface area contributed by atoms with Crippen molar-refractivity contribution in [2.24, 2.45) is 0 Å². The minimum absolute atomic E-state index is 0.103. The number of alkyl halides is 3. The number of methoxy groups -OCH3 is 2. The molecule has 41 heavy (non-hydrogen) atoms. The number of hydrogen-bond acceptors (Lipinski definition) is 5. The van der Waals surface area contributed by atoms with Crippen molar-refractivity contribution in [1.82, 2.24) is 0 Å². The lowest BCUT2D eigenvalue weighted by molar-refractivity contribution is -0.137. The Morgan fingerprint density at radius 2 is 1.49 bits per heavy atom. The van der Waals surface area contributed by atoms with E-state index < -0.39 is 34.5 Å². The number of halogens is 4. The summed E-state index contributed by atoms with van der Waals surface area (Å²) < 4.78 is 51.6. The molecule has 0 spiro atoms. The average Bonchev–Trinajstić information content (AvgIpc) is 2.96. The molecule has 11 heteroatoms. The van der Waals surface area contributed by atoms with Gasteiger partial charge in [-0.05, 0) is 54.1 Å². The molecule has 0 aliphatic heterocycles. The summed E-state index contributed by atoms with van der Waals surface area (Å²) in [5, 5.41) is 4.20. The minimum Gasteiger partial charge on any atom is -0.496 e. The fraction of sp³-hybridized carbons (Fsp3) is 0.133. The predicted molar refractivity (Wildman–Crippen MR) is 154 cm³/mol. The number of benzene rings is 4. The smallest absolute Gasteiger partial charge is 0.418 e. The van der Waals surface area contributed by atoms with Gasteiger partial charge in [0.25, 0.3) is 5.91 Å². The Morgan fingerprint density at radius 3 is 2.12 bits per heavy atom. The van der Waals surface area contributed by atoms with Crippen LogP contribution >= 0.6 is 23.4 Å². The third-order valence-electron chi connectivity index (χ3n) is 5.89. The van der Waals surface area contributed by atoms with E-state index in [2.05, 4.69) is 10.6 Å². The van der Waals surface area contributed by atoms with Crippen molar-refractivity contribution in [3.05, 3.63) is 113 Å². The molecule has 1 unspecified atom stereocenters. The lowest BCUT2D eigenvalue weighted by Gasteiger charge is -2.20. The average molecular weight is 601 g/mol. The number of carbonyl (C=O) groups excluding carboxylic acids is 2. The molecule has 0 fully saturated rings. The van der Waals surface area contributed by atoms with Crippen molar-refractivity contribution in [1.29, 1.82) is 0 Å². The fourth-order valence-corrected chi connectivity index (χ4v) is 5.27. The highest BCUT2D eigenvalue weighted by atomic mass is 35.5. The van der Waals surface area contributed by atoms with Gasteiger partial charge in [0, 0.05) is 15.6 Å². The van der Waals surface area contributed by atoms with E-state index in [1.165, 1.54) is 20.3 Å². The summed E-state index contributed by atoms with van der Waals surface area (Å²) in [6.07, 6.45) is -4.72. The van der Waals surface area contributed by atoms with Crippen LogP contribution in [0.3, 0.4) is 0 Å². The standard InChI is InChI=1S/C30H24ClF3N2O4S/c1-39-24-12-7-13-25(40-2)26(24)28(37)35-20-10-6-11-21(17-20)41-27(18-8-4-3-5-9-18)29(38)36-23-15-14-19(31)16-22(23)30(32,33)34/h3-17,27H,1-2H3,(H,35,37)(H,36,38). The van der Waals surface area contributed by atoms with Gasteiger partial charge in [-0.3, -0.25) is 9.59 Å². The van der Waals surface area contributed by atoms with Crippen LogP contribution in [-0.2, 0) is 11.0 Å². The molecule has 0 radical (unpaired) electrons. The lowest BCUT2D eigenvalue weighted by Crippen LogP contribution is -2.21. The molecule has 2 N–H and O–H groups in total. The van der Waals surface area contributed by atoms with Crippen LogP contribution in [-0.4, -0.2) is 26.0 Å². The molecule has 0 aromatic heterocycles. The van der Waals surface area contributed by atoms with Crippen LogP contribution in [0.15, 0.2) is 95.9 Å². The zero-order chi connectivity index (χ0) is 29.6. The second-order valence-corrected chi connectivity index (χ2v) is 10.2. The molecule has 0 saturated heterocycles. The monoisotopic (exact) mass is 600 g/mol. The molecule has 4 rings (SSSR count). The summed E-state index contributed by atoms with van der Waals surface area (Å²) in [7, 11) is 2.89. The topological polar surface area (TPSA) is 76.7 Å². The Bertz CT molecular complexity index is 1530. The molecule has 0 aliphatic carbocycles. The second kappa shape index (κ2) is 13.0. The number of nitrogens with one attached hydrogen (secondary N) is 2. The van der Waals surface area contributed by atoms with Gasteiger partial charge in [0.2, 0.25) is 5.91 Å². The van der Waals surface area contributed by atoms with Crippen LogP contribution in [0.1, 0.15) is 26.7 Å². The van der Waals surface area contributed by atoms with E-state index >= 15 is 0 Å². The zero-order valence-corrected chi connectivity index (χ0v) is 23.4. The van der Waals surface area contributed by atoms with Crippen LogP contribution in [0.4, 0.5) is 24.5 Å². The molecule has 0 bridgehead atoms. The maximum Gasteiger partial charge on any atom is 0.418 e. The number of amides is 2. The van der Waals surface area contributed by atoms with E-state index in [1.54, 1.807) is 72.8 Å². The number of hydrogen-bond donors (Lipinski definition) is 2. The van der Waals surface area contributed by atoms with E-state index in [0.29, 0.717) is 27.6 Å². The summed E-state index contributed by atoms with van der Waals surface area (Å²) in [4.78, 5) is 27.2. The van der Waals surface area contributed by atoms with Crippen molar-refractivity contribution < 1.29 is 32.2 Å². The molecular weight excluding hydrogens is 577 g/mol. The van der Waals surface area contributed by atoms with Crippen LogP contribution in [0.5, 0.6) is 11.5 Å². The van der Waals surface area contributed by atoms with Gasteiger partial charge < -0.3 is 20.1 Å². The largest absolute Gasteiger partial charge is 0.496 e. The lowest BCUT2D eigenvalue weighted by atomic mass is 10.1. The molecule has 0 heterocycles. The van der Waals surface area contributed by atoms with Gasteiger partial charge in [0.1, 0.15) is 22.3 Å². The van der Waals surface area contributed by atoms with Gasteiger partial charge in [0.05, 0.1) is 25.5 Å². The Labute approximate surface area is 243 Å². The van der Waals surface area contributed by atoms with Crippen LogP contribution in [0.2, 0.25) is 5.02 Å². The molecular formula is C30H24ClF3N2O4S. The summed E-state index contributed by atoms with van der Waals surface area (Å²) in [5.41, 5.74) is -0.240. The molecule has 4 aromatic rings. The number of ether oxygens (including phenoxy) is 2. The highest BCUT2D eigenvalue weighted by molar-refractivity contribution is 8.00. The van der Waals surface area contributed by atoms with E-state index in [0.717, 1.165) is 23.9 Å². The summed E-state index contributed by atoms with van der Waals surface area (Å²) in [6, 6.07) is 23.6. The van der Waals surface area contributed by atoms with Gasteiger partial charge in [-0.15, -0.1) is 11.8 Å². The highest BCUT2D eigenvalue weighted by Crippen LogP contribution is 2.40. The first-order valence-corrected chi connectivity index (χ1v) is 13.4. The van der Waals surface area contributed by atoms with Crippen LogP contribution in [0, 0.1) is 0 Å². The number of rotatable bonds is 9. The summed E-state index contributed by atoms with van der Waals surface area (Å²) in [5.74, 6) is -0.481. The first kappa shape index (κ1) is 29.8. The van der Waals surface area contributed by atoms with E-state index in [-0.39, 0.29) is 10.6 Å². The maximum atomic E-state index is 13.7. The SMILES string of the molecule is COc1cccc(OC)c1C(=O)Nc1cccc(SC(C(=O)Nc2ccc(Cl)cc2C(F)(F)F)c2ccccc2)c1. The Balaban J connectivity index is 1.61. The van der Waals surface area contributed by atoms with Crippen molar-refractivity contribution in [3.63, 3.8) is 0 Å². The number of thioether (sulfide) groups is 1. The Hall–Kier alpha value is -4.15. The molecule has 1 atom stereocenters. The van der Waals surface area contributed by atoms with Gasteiger partial charge in [-0.2, -0.15) is 13.2 Å². The summed E-state index contributed by atoms with van der Waals surface area (Å²) in [6.45, 7) is 0. The van der Waals surface area contributed by atoms with Crippen molar-refractivity contribution in [2.45, 2.75) is 16.3 Å². The van der Waals surface area contributed by atoms with Gasteiger partial charge in [-0.1, -0.05) is 54.1 Å². The van der Waals surface area contributed by atoms with Crippen molar-refractivity contribution in [2.75, 3.05) is 24.9 Å². The third-order valence-corrected chi connectivity index (χ3v) is 7.37. The van der Waals surface area contributed by atoms with Gasteiger partial charge in [0.15, 0.2) is 0 Å². The maximum absolute atomic E-state index is 13.7. The number of carbonyl (C=O) groups is 2. The van der Waals surface area contributed by atoms with Crippen molar-refractivity contribution >= 4 is 46.6 Å². The molecule has 0 aliphatic rings. The van der Waals surface area contributed by atoms with E-state index in [9.17, 15) is 22.8 Å². The van der Waals surface area contributed by atoms with Gasteiger partial charge in [-0.25, -0.2) is 0 Å². The zero-order valence-electron chi connectivity index (χ0n) is 21.8. The Morgan fingerprint density at radius 1 is 0.829 bits per heavy atom. The first-order valence-electron chi connectivity index (χ1n) is 12.1. The molecule has 6 nitrogen and oxygen atoms in total. The van der Waals surface area contributed by atoms with E-state index in [4.69, 9.17) is 21.1 Å². The number of anilines is 2. The van der Waals surface area contributed by atoms with Crippen LogP contribution < -0.4 is 20.1 Å². The van der Waals surface area contributed by atoms with Gasteiger partial charge >= 0.3 is 6.18 Å². The fourth-order valence-electron chi connectivity index (χ4n) is 4.01. The molecule has 212 valence electrons. The highest BCUT2D eigenvalue weighted by Gasteiger charge is 2.35. The quantitative estimate of drug-likeness (QED) is 0.190. The molecule has 0 saturated carbocycles. The normalized spacial score (nSPS) is 11.9. The minimum atomic E-state index is -4.72. The van der Waals surface area contributed by atoms with Crippen LogP contribution in [0.25, 0.3) is 0 Å². The molecule has 2 amide bonds. The predicted octanol–water partition coefficient (Wildman–Crippen LogP) is 8.10. The second-order valence-electron chi connectivity index (χ2n) is 8.60. The first-order chi connectivity index (χ1) is 19.6. The molecule has 4 aromatic carbocycles. The Kier molecular flexibility index (Phi) is 9.46.